The summed E-state index contributed by atoms with van der Waals surface area (Å²) in [6.45, 7) is 2.78. The lowest BCUT2D eigenvalue weighted by molar-refractivity contribution is -0.146. The van der Waals surface area contributed by atoms with Crippen LogP contribution in [0.25, 0.3) is 0 Å². The van der Waals surface area contributed by atoms with Crippen molar-refractivity contribution in [2.24, 2.45) is 0 Å². The van der Waals surface area contributed by atoms with E-state index in [1.54, 1.807) is 43.3 Å². The minimum absolute atomic E-state index is 0.117. The third kappa shape index (κ3) is 5.56. The molecule has 2 rings (SSSR count). The Kier molecular flexibility index (Phi) is 6.96. The molecule has 0 bridgehead atoms. The Morgan fingerprint density at radius 1 is 1.15 bits per heavy atom. The van der Waals surface area contributed by atoms with Gasteiger partial charge in [-0.2, -0.15) is 0 Å². The van der Waals surface area contributed by atoms with E-state index in [4.69, 9.17) is 21.1 Å². The summed E-state index contributed by atoms with van der Waals surface area (Å²) in [5, 5.41) is 3.18. The Labute approximate surface area is 162 Å². The number of hydrogen-bond acceptors (Lipinski definition) is 5. The van der Waals surface area contributed by atoms with Gasteiger partial charge >= 0.3 is 5.97 Å². The number of amides is 1. The van der Waals surface area contributed by atoms with Crippen molar-refractivity contribution >= 4 is 34.9 Å². The number of carbonyl (C=O) groups is 3. The van der Waals surface area contributed by atoms with E-state index in [0.717, 1.165) is 5.56 Å². The third-order valence-corrected chi connectivity index (χ3v) is 4.34. The molecule has 1 amide bonds. The molecule has 0 spiro atoms. The molecule has 0 heterocycles. The van der Waals surface area contributed by atoms with E-state index in [9.17, 15) is 14.4 Å². The van der Waals surface area contributed by atoms with E-state index >= 15 is 0 Å². The second kappa shape index (κ2) is 9.19. The van der Waals surface area contributed by atoms with Crippen molar-refractivity contribution in [2.75, 3.05) is 19.0 Å². The number of ether oxygens (including phenoxy) is 2. The third-order valence-electron chi connectivity index (χ3n) is 3.93. The van der Waals surface area contributed by atoms with E-state index in [1.165, 1.54) is 14.0 Å². The maximum absolute atomic E-state index is 12.1. The molecule has 0 fully saturated rings. The van der Waals surface area contributed by atoms with Crippen molar-refractivity contribution in [1.82, 2.24) is 0 Å². The molecule has 2 aromatic carbocycles. The van der Waals surface area contributed by atoms with E-state index in [0.29, 0.717) is 27.6 Å². The highest BCUT2D eigenvalue weighted by molar-refractivity contribution is 6.31. The van der Waals surface area contributed by atoms with Gasteiger partial charge in [0.25, 0.3) is 5.91 Å². The van der Waals surface area contributed by atoms with Crippen molar-refractivity contribution in [2.45, 2.75) is 20.3 Å². The van der Waals surface area contributed by atoms with Crippen LogP contribution in [0.2, 0.25) is 5.02 Å². The molecule has 6 nitrogen and oxygen atoms in total. The highest BCUT2D eigenvalue weighted by atomic mass is 35.5. The van der Waals surface area contributed by atoms with Crippen molar-refractivity contribution in [3.05, 3.63) is 58.1 Å². The Bertz CT molecular complexity index is 879. The van der Waals surface area contributed by atoms with Gasteiger partial charge in [-0.1, -0.05) is 17.7 Å². The normalized spacial score (nSPS) is 10.2. The average molecular weight is 390 g/mol. The minimum Gasteiger partial charge on any atom is -0.496 e. The van der Waals surface area contributed by atoms with Crippen molar-refractivity contribution < 1.29 is 23.9 Å². The van der Waals surface area contributed by atoms with Gasteiger partial charge in [0.15, 0.2) is 12.4 Å². The van der Waals surface area contributed by atoms with Gasteiger partial charge in [0.05, 0.1) is 13.5 Å². The molecule has 0 aliphatic heterocycles. The second-order valence-corrected chi connectivity index (χ2v) is 6.29. The predicted octanol–water partition coefficient (Wildman–Crippen LogP) is 3.58. The standard InChI is InChI=1S/C20H20ClNO5/c1-12-16(21)5-4-6-17(12)22-19(24)11-27-20(25)10-15-9-14(13(2)23)7-8-18(15)26-3/h4-9H,10-11H2,1-3H3,(H,22,24). The van der Waals surface area contributed by atoms with Crippen LogP contribution in [0.4, 0.5) is 5.69 Å². The van der Waals surface area contributed by atoms with Crippen LogP contribution in [0.3, 0.4) is 0 Å². The Morgan fingerprint density at radius 3 is 2.56 bits per heavy atom. The summed E-state index contributed by atoms with van der Waals surface area (Å²) < 4.78 is 10.2. The zero-order chi connectivity index (χ0) is 20.0. The number of ketones is 1. The average Bonchev–Trinajstić information content (AvgIpc) is 2.63. The number of anilines is 1. The summed E-state index contributed by atoms with van der Waals surface area (Å²) in [6, 6.07) is 9.96. The lowest BCUT2D eigenvalue weighted by Gasteiger charge is -2.11. The maximum Gasteiger partial charge on any atom is 0.310 e. The number of benzene rings is 2. The first-order valence-electron chi connectivity index (χ1n) is 8.20. The molecule has 1 N–H and O–H groups in total. The second-order valence-electron chi connectivity index (χ2n) is 5.88. The number of nitrogens with one attached hydrogen (secondary N) is 1. The fourth-order valence-electron chi connectivity index (χ4n) is 2.42. The van der Waals surface area contributed by atoms with Crippen LogP contribution in [0.15, 0.2) is 36.4 Å². The molecule has 7 heteroatoms. The zero-order valence-corrected chi connectivity index (χ0v) is 16.1. The molecular weight excluding hydrogens is 370 g/mol. The van der Waals surface area contributed by atoms with Crippen LogP contribution in [0.1, 0.15) is 28.4 Å². The number of carbonyl (C=O) groups excluding carboxylic acids is 3. The molecule has 0 saturated heterocycles. The molecule has 0 unspecified atom stereocenters. The molecule has 0 radical (unpaired) electrons. The summed E-state index contributed by atoms with van der Waals surface area (Å²) in [5.41, 5.74) is 2.26. The first-order valence-corrected chi connectivity index (χ1v) is 8.58. The summed E-state index contributed by atoms with van der Waals surface area (Å²) in [7, 11) is 1.47. The van der Waals surface area contributed by atoms with Gasteiger partial charge in [0, 0.05) is 21.8 Å². The monoisotopic (exact) mass is 389 g/mol. The molecule has 27 heavy (non-hydrogen) atoms. The molecular formula is C20H20ClNO5. The molecule has 2 aromatic rings. The molecule has 142 valence electrons. The number of Topliss-reactive ketones (excluding diaryl/α,β-unsaturated/α-hetero) is 1. The van der Waals surface area contributed by atoms with E-state index in [2.05, 4.69) is 5.32 Å². The summed E-state index contributed by atoms with van der Waals surface area (Å²) >= 11 is 6.01. The Hall–Kier alpha value is -2.86. The summed E-state index contributed by atoms with van der Waals surface area (Å²) in [5.74, 6) is -0.732. The fraction of sp³-hybridized carbons (Fsp3) is 0.250. The Morgan fingerprint density at radius 2 is 1.89 bits per heavy atom. The van der Waals surface area contributed by atoms with Gasteiger partial charge in [0.2, 0.25) is 0 Å². The van der Waals surface area contributed by atoms with Gasteiger partial charge in [-0.25, -0.2) is 0 Å². The van der Waals surface area contributed by atoms with Crippen LogP contribution < -0.4 is 10.1 Å². The van der Waals surface area contributed by atoms with E-state index in [1.807, 2.05) is 0 Å². The van der Waals surface area contributed by atoms with Gasteiger partial charge in [-0.05, 0) is 49.7 Å². The molecule has 0 aliphatic rings. The highest BCUT2D eigenvalue weighted by Crippen LogP contribution is 2.23. The lowest BCUT2D eigenvalue weighted by Crippen LogP contribution is -2.22. The molecule has 0 aromatic heterocycles. The molecule has 0 saturated carbocycles. The zero-order valence-electron chi connectivity index (χ0n) is 15.3. The Balaban J connectivity index is 1.96. The maximum atomic E-state index is 12.1. The quantitative estimate of drug-likeness (QED) is 0.578. The topological polar surface area (TPSA) is 81.7 Å². The number of rotatable bonds is 7. The summed E-state index contributed by atoms with van der Waals surface area (Å²) in [6.07, 6.45) is -0.117. The highest BCUT2D eigenvalue weighted by Gasteiger charge is 2.14. The van der Waals surface area contributed by atoms with Crippen LogP contribution in [0.5, 0.6) is 5.75 Å². The minimum atomic E-state index is -0.605. The van der Waals surface area contributed by atoms with Crippen LogP contribution in [-0.4, -0.2) is 31.4 Å². The van der Waals surface area contributed by atoms with Gasteiger partial charge in [-0.15, -0.1) is 0 Å². The first-order chi connectivity index (χ1) is 12.8. The predicted molar refractivity (Wildman–Crippen MR) is 102 cm³/mol. The van der Waals surface area contributed by atoms with Gasteiger partial charge in [-0.3, -0.25) is 14.4 Å². The molecule has 0 aliphatic carbocycles. The first kappa shape index (κ1) is 20.5. The molecule has 0 atom stereocenters. The van der Waals surface area contributed by atoms with Gasteiger partial charge < -0.3 is 14.8 Å². The summed E-state index contributed by atoms with van der Waals surface area (Å²) in [4.78, 5) is 35.6. The van der Waals surface area contributed by atoms with Crippen molar-refractivity contribution in [3.8, 4) is 5.75 Å². The van der Waals surface area contributed by atoms with Gasteiger partial charge in [0.1, 0.15) is 5.75 Å². The number of hydrogen-bond donors (Lipinski definition) is 1. The largest absolute Gasteiger partial charge is 0.496 e. The van der Waals surface area contributed by atoms with Crippen LogP contribution in [-0.2, 0) is 20.7 Å². The van der Waals surface area contributed by atoms with E-state index < -0.39 is 18.5 Å². The number of halogens is 1. The van der Waals surface area contributed by atoms with Crippen molar-refractivity contribution in [3.63, 3.8) is 0 Å². The van der Waals surface area contributed by atoms with Crippen LogP contribution in [0, 0.1) is 6.92 Å². The number of esters is 1. The van der Waals surface area contributed by atoms with Crippen molar-refractivity contribution in [1.29, 1.82) is 0 Å². The van der Waals surface area contributed by atoms with E-state index in [-0.39, 0.29) is 12.2 Å². The lowest BCUT2D eigenvalue weighted by atomic mass is 10.0. The van der Waals surface area contributed by atoms with Crippen LogP contribution >= 0.6 is 11.6 Å². The SMILES string of the molecule is COc1ccc(C(C)=O)cc1CC(=O)OCC(=O)Nc1cccc(Cl)c1C. The smallest absolute Gasteiger partial charge is 0.310 e. The fourth-order valence-corrected chi connectivity index (χ4v) is 2.59. The number of methoxy groups -OCH3 is 1.